The zero-order chi connectivity index (χ0) is 13.9. The van der Waals surface area contributed by atoms with Gasteiger partial charge in [-0.15, -0.1) is 0 Å². The maximum atomic E-state index is 12.2. The van der Waals surface area contributed by atoms with E-state index in [1.54, 1.807) is 6.92 Å². The number of aromatic nitrogens is 1. The minimum atomic E-state index is -3.60. The fourth-order valence-corrected chi connectivity index (χ4v) is 3.55. The first-order valence-corrected chi connectivity index (χ1v) is 7.92. The number of hydrogen-bond donors (Lipinski definition) is 3. The predicted molar refractivity (Wildman–Crippen MR) is 75.1 cm³/mol. The molecule has 0 aliphatic carbocycles. The second kappa shape index (κ2) is 5.66. The highest BCUT2D eigenvalue weighted by molar-refractivity contribution is 7.89. The molecule has 0 radical (unpaired) electrons. The molecule has 19 heavy (non-hydrogen) atoms. The number of thiophene rings is 1. The van der Waals surface area contributed by atoms with Crippen LogP contribution >= 0.6 is 11.3 Å². The van der Waals surface area contributed by atoms with Crippen molar-refractivity contribution in [3.63, 3.8) is 0 Å². The summed E-state index contributed by atoms with van der Waals surface area (Å²) >= 11 is 1.52. The SMILES string of the molecule is CC(NS(=O)(=O)c1ccnc(NN)c1)c1ccsc1. The smallest absolute Gasteiger partial charge is 0.241 e. The topological polar surface area (TPSA) is 97.1 Å². The Hall–Kier alpha value is -1.48. The molecular formula is C11H14N4O2S2. The maximum absolute atomic E-state index is 12.2. The van der Waals surface area contributed by atoms with Gasteiger partial charge in [0.2, 0.25) is 10.0 Å². The molecule has 4 N–H and O–H groups in total. The summed E-state index contributed by atoms with van der Waals surface area (Å²) < 4.78 is 27.0. The molecule has 0 fully saturated rings. The Labute approximate surface area is 115 Å². The van der Waals surface area contributed by atoms with Crippen LogP contribution in [0.4, 0.5) is 5.82 Å². The first-order valence-electron chi connectivity index (χ1n) is 5.50. The lowest BCUT2D eigenvalue weighted by atomic mass is 10.2. The summed E-state index contributed by atoms with van der Waals surface area (Å²) in [6.45, 7) is 1.79. The van der Waals surface area contributed by atoms with Crippen LogP contribution in [0.25, 0.3) is 0 Å². The average molecular weight is 298 g/mol. The van der Waals surface area contributed by atoms with Gasteiger partial charge in [-0.1, -0.05) is 0 Å². The van der Waals surface area contributed by atoms with Gasteiger partial charge < -0.3 is 5.43 Å². The lowest BCUT2D eigenvalue weighted by Gasteiger charge is -2.13. The van der Waals surface area contributed by atoms with E-state index < -0.39 is 10.0 Å². The van der Waals surface area contributed by atoms with Gasteiger partial charge in [-0.05, 0) is 35.4 Å². The molecule has 2 aromatic rings. The van der Waals surface area contributed by atoms with E-state index in [2.05, 4.69) is 15.1 Å². The molecule has 1 unspecified atom stereocenters. The highest BCUT2D eigenvalue weighted by Crippen LogP contribution is 2.19. The van der Waals surface area contributed by atoms with E-state index in [0.717, 1.165) is 5.56 Å². The molecule has 0 amide bonds. The molecule has 2 heterocycles. The van der Waals surface area contributed by atoms with Crippen molar-refractivity contribution in [1.29, 1.82) is 0 Å². The minimum Gasteiger partial charge on any atom is -0.308 e. The van der Waals surface area contributed by atoms with Gasteiger partial charge in [0, 0.05) is 18.3 Å². The molecule has 0 aliphatic heterocycles. The third kappa shape index (κ3) is 3.29. The van der Waals surface area contributed by atoms with Crippen molar-refractivity contribution in [3.05, 3.63) is 40.7 Å². The first-order chi connectivity index (χ1) is 9.03. The number of nitrogens with one attached hydrogen (secondary N) is 2. The molecule has 0 aromatic carbocycles. The fraction of sp³-hybridized carbons (Fsp3) is 0.182. The summed E-state index contributed by atoms with van der Waals surface area (Å²) in [4.78, 5) is 4.00. The Bertz CT molecular complexity index is 640. The molecule has 0 saturated carbocycles. The summed E-state index contributed by atoms with van der Waals surface area (Å²) in [5.41, 5.74) is 3.25. The van der Waals surface area contributed by atoms with Crippen LogP contribution < -0.4 is 16.0 Å². The largest absolute Gasteiger partial charge is 0.308 e. The van der Waals surface area contributed by atoms with Crippen molar-refractivity contribution in [2.24, 2.45) is 5.84 Å². The number of nitrogens with zero attached hydrogens (tertiary/aromatic N) is 1. The molecule has 0 aliphatic rings. The number of pyridine rings is 1. The van der Waals surface area contributed by atoms with Crippen LogP contribution in [0.2, 0.25) is 0 Å². The highest BCUT2D eigenvalue weighted by atomic mass is 32.2. The van der Waals surface area contributed by atoms with Crippen molar-refractivity contribution >= 4 is 27.2 Å². The quantitative estimate of drug-likeness (QED) is 0.573. The van der Waals surface area contributed by atoms with E-state index in [9.17, 15) is 8.42 Å². The van der Waals surface area contributed by atoms with Crippen LogP contribution in [0.1, 0.15) is 18.5 Å². The second-order valence-corrected chi connectivity index (χ2v) is 6.41. The number of anilines is 1. The monoisotopic (exact) mass is 298 g/mol. The standard InChI is InChI=1S/C11H14N4O2S2/c1-8(9-3-5-18-7-9)15-19(16,17)10-2-4-13-11(6-10)14-12/h2-8,15H,12H2,1H3,(H,13,14). The van der Waals surface area contributed by atoms with Crippen molar-refractivity contribution in [1.82, 2.24) is 9.71 Å². The van der Waals surface area contributed by atoms with E-state index in [-0.39, 0.29) is 10.9 Å². The number of nitrogen functional groups attached to an aromatic ring is 1. The second-order valence-electron chi connectivity index (χ2n) is 3.92. The third-order valence-corrected chi connectivity index (χ3v) is 4.80. The van der Waals surface area contributed by atoms with Crippen LogP contribution in [0.5, 0.6) is 0 Å². The summed E-state index contributed by atoms with van der Waals surface area (Å²) in [5, 5.41) is 3.82. The molecular weight excluding hydrogens is 284 g/mol. The highest BCUT2D eigenvalue weighted by Gasteiger charge is 2.19. The third-order valence-electron chi connectivity index (χ3n) is 2.56. The zero-order valence-electron chi connectivity index (χ0n) is 10.2. The number of sulfonamides is 1. The van der Waals surface area contributed by atoms with Gasteiger partial charge in [0.25, 0.3) is 0 Å². The Morgan fingerprint density at radius 1 is 1.42 bits per heavy atom. The van der Waals surface area contributed by atoms with E-state index in [4.69, 9.17) is 5.84 Å². The lowest BCUT2D eigenvalue weighted by molar-refractivity contribution is 0.567. The van der Waals surface area contributed by atoms with Gasteiger partial charge in [0.05, 0.1) is 4.90 Å². The number of hydrogen-bond acceptors (Lipinski definition) is 6. The van der Waals surface area contributed by atoms with Crippen molar-refractivity contribution in [3.8, 4) is 0 Å². The number of hydrazine groups is 1. The number of rotatable bonds is 5. The molecule has 6 nitrogen and oxygen atoms in total. The van der Waals surface area contributed by atoms with Crippen molar-refractivity contribution in [2.75, 3.05) is 5.43 Å². The summed E-state index contributed by atoms with van der Waals surface area (Å²) in [6.07, 6.45) is 1.39. The molecule has 2 rings (SSSR count). The Morgan fingerprint density at radius 2 is 2.21 bits per heavy atom. The summed E-state index contributed by atoms with van der Waals surface area (Å²) in [6, 6.07) is 4.39. The molecule has 8 heteroatoms. The summed E-state index contributed by atoms with van der Waals surface area (Å²) in [7, 11) is -3.60. The van der Waals surface area contributed by atoms with Gasteiger partial charge >= 0.3 is 0 Å². The van der Waals surface area contributed by atoms with Crippen LogP contribution in [0, 0.1) is 0 Å². The van der Waals surface area contributed by atoms with Crippen LogP contribution in [0.15, 0.2) is 40.1 Å². The Morgan fingerprint density at radius 3 is 2.84 bits per heavy atom. The van der Waals surface area contributed by atoms with Gasteiger partial charge in [-0.3, -0.25) is 0 Å². The Balaban J connectivity index is 2.22. The van der Waals surface area contributed by atoms with Crippen LogP contribution in [0.3, 0.4) is 0 Å². The molecule has 0 spiro atoms. The van der Waals surface area contributed by atoms with E-state index in [1.807, 2.05) is 16.8 Å². The first kappa shape index (κ1) is 13.9. The molecule has 0 saturated heterocycles. The van der Waals surface area contributed by atoms with Gasteiger partial charge in [0.15, 0.2) is 0 Å². The molecule has 2 aromatic heterocycles. The molecule has 0 bridgehead atoms. The average Bonchev–Trinajstić information content (AvgIpc) is 2.92. The fourth-order valence-electron chi connectivity index (χ4n) is 1.55. The van der Waals surface area contributed by atoms with E-state index >= 15 is 0 Å². The van der Waals surface area contributed by atoms with Crippen LogP contribution in [-0.2, 0) is 10.0 Å². The molecule has 1 atom stereocenters. The van der Waals surface area contributed by atoms with E-state index in [1.165, 1.54) is 29.7 Å². The molecule has 102 valence electrons. The lowest BCUT2D eigenvalue weighted by Crippen LogP contribution is -2.26. The summed E-state index contributed by atoms with van der Waals surface area (Å²) in [5.74, 6) is 5.51. The van der Waals surface area contributed by atoms with E-state index in [0.29, 0.717) is 5.82 Å². The van der Waals surface area contributed by atoms with Crippen molar-refractivity contribution < 1.29 is 8.42 Å². The minimum absolute atomic E-state index is 0.123. The predicted octanol–water partition coefficient (Wildman–Crippen LogP) is 1.47. The normalized spacial score (nSPS) is 13.2. The van der Waals surface area contributed by atoms with Gasteiger partial charge in [0.1, 0.15) is 5.82 Å². The van der Waals surface area contributed by atoms with Crippen molar-refractivity contribution in [2.45, 2.75) is 17.9 Å². The van der Waals surface area contributed by atoms with Gasteiger partial charge in [-0.25, -0.2) is 24.0 Å². The maximum Gasteiger partial charge on any atom is 0.241 e. The van der Waals surface area contributed by atoms with Gasteiger partial charge in [-0.2, -0.15) is 11.3 Å². The Kier molecular flexibility index (Phi) is 4.15. The number of nitrogens with two attached hydrogens (primary N) is 1. The van der Waals surface area contributed by atoms with Crippen LogP contribution in [-0.4, -0.2) is 13.4 Å². The zero-order valence-corrected chi connectivity index (χ0v) is 11.8.